The highest BCUT2D eigenvalue weighted by Gasteiger charge is 2.12. The zero-order chi connectivity index (χ0) is 31.4. The molecule has 0 aliphatic rings. The average Bonchev–Trinajstić information content (AvgIpc) is 2.84. The summed E-state index contributed by atoms with van der Waals surface area (Å²) in [5, 5.41) is 3.04. The lowest BCUT2D eigenvalue weighted by molar-refractivity contribution is -0.121. The Kier molecular flexibility index (Phi) is 26.3. The third kappa shape index (κ3) is 33.6. The van der Waals surface area contributed by atoms with E-state index in [2.05, 4.69) is 32.9 Å². The molecule has 9 N–H and O–H groups in total. The molecule has 40 heavy (non-hydrogen) atoms. The van der Waals surface area contributed by atoms with Crippen LogP contribution in [0.25, 0.3) is 0 Å². The lowest BCUT2D eigenvalue weighted by Gasteiger charge is -2.16. The predicted molar refractivity (Wildman–Crippen MR) is 161 cm³/mol. The molecule has 0 saturated carbocycles. The van der Waals surface area contributed by atoms with Gasteiger partial charge in [-0.25, -0.2) is 4.79 Å². The van der Waals surface area contributed by atoms with Crippen LogP contribution in [0.1, 0.15) is 59.1 Å². The molecule has 0 heterocycles. The number of rotatable bonds is 7. The Morgan fingerprint density at radius 1 is 0.950 bits per heavy atom. The van der Waals surface area contributed by atoms with E-state index in [4.69, 9.17) is 26.8 Å². The van der Waals surface area contributed by atoms with E-state index in [0.717, 1.165) is 31.2 Å². The number of nitrogens with zero attached hydrogens (tertiary/aromatic N) is 1. The van der Waals surface area contributed by atoms with Crippen molar-refractivity contribution in [3.05, 3.63) is 71.8 Å². The molecule has 0 spiro atoms. The number of aldehydes is 1. The third-order valence-corrected chi connectivity index (χ3v) is 3.92. The number of ether oxygens (including phenoxy) is 1. The molecule has 2 aromatic carbocycles. The molecule has 1 atom stereocenters. The maximum absolute atomic E-state index is 11.9. The highest BCUT2D eigenvalue weighted by molar-refractivity contribution is 5.78. The van der Waals surface area contributed by atoms with Gasteiger partial charge in [-0.2, -0.15) is 0 Å². The van der Waals surface area contributed by atoms with E-state index in [1.165, 1.54) is 12.5 Å². The van der Waals surface area contributed by atoms with Gasteiger partial charge in [0.15, 0.2) is 5.96 Å². The van der Waals surface area contributed by atoms with Crippen LogP contribution in [0.2, 0.25) is 0 Å². The molecular weight excluding hydrogens is 512 g/mol. The predicted octanol–water partition coefficient (Wildman–Crippen LogP) is 2.83. The van der Waals surface area contributed by atoms with Gasteiger partial charge in [0, 0.05) is 12.6 Å². The SMILES string of the molecule is CC(C)(C)OC(N)=O.CC=O.CCCN=C(N)N.C[C@H](Cc1ccccc1)NC(=O)Cc1ccccc1.NC=O. The number of guanidine groups is 1. The molecule has 0 saturated heterocycles. The summed E-state index contributed by atoms with van der Waals surface area (Å²) >= 11 is 0. The van der Waals surface area contributed by atoms with Crippen molar-refractivity contribution in [3.63, 3.8) is 0 Å². The van der Waals surface area contributed by atoms with Gasteiger partial charge in [0.1, 0.15) is 11.9 Å². The average molecular weight is 561 g/mol. The number of hydrogen-bond acceptors (Lipinski definition) is 6. The summed E-state index contributed by atoms with van der Waals surface area (Å²) in [5.41, 5.74) is 20.7. The Morgan fingerprint density at radius 2 is 1.38 bits per heavy atom. The molecular formula is C29H48N6O5. The van der Waals surface area contributed by atoms with Crippen LogP contribution in [0.5, 0.6) is 0 Å². The first-order valence-electron chi connectivity index (χ1n) is 12.7. The second-order valence-electron chi connectivity index (χ2n) is 9.03. The van der Waals surface area contributed by atoms with Gasteiger partial charge >= 0.3 is 6.09 Å². The van der Waals surface area contributed by atoms with E-state index in [-0.39, 0.29) is 24.3 Å². The topological polar surface area (TPSA) is 206 Å². The first-order valence-corrected chi connectivity index (χ1v) is 12.7. The van der Waals surface area contributed by atoms with Crippen LogP contribution in [-0.2, 0) is 32.0 Å². The lowest BCUT2D eigenvalue weighted by Crippen LogP contribution is -2.35. The normalized spacial score (nSPS) is 9.85. The van der Waals surface area contributed by atoms with Crippen molar-refractivity contribution >= 4 is 30.7 Å². The molecule has 0 bridgehead atoms. The van der Waals surface area contributed by atoms with Gasteiger partial charge < -0.3 is 37.8 Å². The quantitative estimate of drug-likeness (QED) is 0.194. The van der Waals surface area contributed by atoms with Crippen molar-refractivity contribution in [2.45, 2.75) is 72.4 Å². The van der Waals surface area contributed by atoms with E-state index in [9.17, 15) is 9.59 Å². The molecule has 2 aromatic rings. The minimum absolute atomic E-state index is 0.0784. The van der Waals surface area contributed by atoms with Gasteiger partial charge in [0.05, 0.1) is 6.42 Å². The molecule has 224 valence electrons. The number of aliphatic imine (C=N–C) groups is 1. The number of carbonyl (C=O) groups is 4. The summed E-state index contributed by atoms with van der Waals surface area (Å²) in [5.74, 6) is 0.261. The van der Waals surface area contributed by atoms with Crippen molar-refractivity contribution in [2.24, 2.45) is 27.9 Å². The highest BCUT2D eigenvalue weighted by Crippen LogP contribution is 2.05. The van der Waals surface area contributed by atoms with Crippen LogP contribution in [0, 0.1) is 0 Å². The van der Waals surface area contributed by atoms with Crippen LogP contribution >= 0.6 is 0 Å². The van der Waals surface area contributed by atoms with Gasteiger partial charge in [-0.15, -0.1) is 0 Å². The second-order valence-corrected chi connectivity index (χ2v) is 9.03. The fourth-order valence-corrected chi connectivity index (χ4v) is 2.67. The maximum Gasteiger partial charge on any atom is 0.405 e. The fraction of sp³-hybridized carbons (Fsp3) is 0.414. The largest absolute Gasteiger partial charge is 0.444 e. The number of carbonyl (C=O) groups excluding carboxylic acids is 4. The van der Waals surface area contributed by atoms with Gasteiger partial charge in [-0.3, -0.25) is 14.6 Å². The summed E-state index contributed by atoms with van der Waals surface area (Å²) in [7, 11) is 0. The minimum Gasteiger partial charge on any atom is -0.444 e. The summed E-state index contributed by atoms with van der Waals surface area (Å²) in [6.45, 7) is 11.5. The molecule has 3 amide bonds. The zero-order valence-electron chi connectivity index (χ0n) is 24.6. The van der Waals surface area contributed by atoms with E-state index in [1.807, 2.05) is 62.4 Å². The van der Waals surface area contributed by atoms with Crippen molar-refractivity contribution in [2.75, 3.05) is 6.54 Å². The number of benzene rings is 2. The third-order valence-electron chi connectivity index (χ3n) is 3.92. The molecule has 0 fully saturated rings. The Bertz CT molecular complexity index is 938. The van der Waals surface area contributed by atoms with Gasteiger partial charge in [0.25, 0.3) is 0 Å². The molecule has 0 aromatic heterocycles. The van der Waals surface area contributed by atoms with Crippen LogP contribution in [-0.4, -0.2) is 48.8 Å². The summed E-state index contributed by atoms with van der Waals surface area (Å²) in [4.78, 5) is 43.0. The van der Waals surface area contributed by atoms with Crippen LogP contribution in [0.15, 0.2) is 65.7 Å². The van der Waals surface area contributed by atoms with Crippen molar-refractivity contribution in [3.8, 4) is 0 Å². The first kappa shape index (κ1) is 40.1. The Balaban J connectivity index is -0.000000541. The minimum atomic E-state index is -0.725. The second kappa shape index (κ2) is 26.2. The molecule has 11 heteroatoms. The molecule has 0 radical (unpaired) electrons. The number of nitrogens with one attached hydrogen (secondary N) is 1. The summed E-state index contributed by atoms with van der Waals surface area (Å²) in [6.07, 6.45) is 2.58. The zero-order valence-corrected chi connectivity index (χ0v) is 24.6. The van der Waals surface area contributed by atoms with Gasteiger partial charge in [-0.1, -0.05) is 67.6 Å². The van der Waals surface area contributed by atoms with Crippen LogP contribution in [0.3, 0.4) is 0 Å². The monoisotopic (exact) mass is 560 g/mol. The fourth-order valence-electron chi connectivity index (χ4n) is 2.67. The number of amides is 3. The van der Waals surface area contributed by atoms with E-state index in [0.29, 0.717) is 6.42 Å². The Hall–Kier alpha value is -4.41. The first-order chi connectivity index (χ1) is 18.8. The van der Waals surface area contributed by atoms with E-state index >= 15 is 0 Å². The van der Waals surface area contributed by atoms with Crippen molar-refractivity contribution < 1.29 is 23.9 Å². The maximum atomic E-state index is 11.9. The van der Waals surface area contributed by atoms with Gasteiger partial charge in [0.2, 0.25) is 12.3 Å². The molecule has 2 rings (SSSR count). The van der Waals surface area contributed by atoms with Gasteiger partial charge in [-0.05, 0) is 58.6 Å². The standard InChI is InChI=1S/C17H19NO.C5H11NO2.C4H11N3.C2H4O.CH3NO/c1-14(12-15-8-4-2-5-9-15)18-17(19)13-16-10-6-3-7-11-16;1-5(2,3)8-4(6)7;1-2-3-7-4(5)6;1-2-3;2-1-3/h2-11,14H,12-13H2,1H3,(H,18,19);1-3H3,(H2,6,7);2-3H2,1H3,(H4,5,6,7);2H,1H3;1H,(H2,2,3)/t14-;;;;/m1..../s1. The van der Waals surface area contributed by atoms with Crippen LogP contribution in [0.4, 0.5) is 4.79 Å². The number of hydrogen-bond donors (Lipinski definition) is 5. The number of nitrogens with two attached hydrogens (primary N) is 4. The van der Waals surface area contributed by atoms with E-state index < -0.39 is 11.7 Å². The Morgan fingerprint density at radius 3 is 1.68 bits per heavy atom. The summed E-state index contributed by atoms with van der Waals surface area (Å²) < 4.78 is 4.58. The highest BCUT2D eigenvalue weighted by atomic mass is 16.6. The molecule has 0 aliphatic heterocycles. The van der Waals surface area contributed by atoms with Crippen molar-refractivity contribution in [1.82, 2.24) is 5.32 Å². The molecule has 0 aliphatic carbocycles. The number of primary amides is 2. The van der Waals surface area contributed by atoms with Crippen LogP contribution < -0.4 is 28.3 Å². The van der Waals surface area contributed by atoms with E-state index in [1.54, 1.807) is 20.8 Å². The molecule has 0 unspecified atom stereocenters. The summed E-state index contributed by atoms with van der Waals surface area (Å²) in [6, 6.07) is 20.2. The molecule has 11 nitrogen and oxygen atoms in total. The van der Waals surface area contributed by atoms with Crippen molar-refractivity contribution in [1.29, 1.82) is 0 Å². The lowest BCUT2D eigenvalue weighted by atomic mass is 10.1. The smallest absolute Gasteiger partial charge is 0.405 e. The Labute approximate surface area is 238 Å².